The molecule has 0 heterocycles. The summed E-state index contributed by atoms with van der Waals surface area (Å²) in [4.78, 5) is 21.3. The number of ketones is 1. The molecule has 0 aromatic heterocycles. The van der Waals surface area contributed by atoms with Crippen LogP contribution in [0, 0.1) is 0 Å². The second-order valence-electron chi connectivity index (χ2n) is 2.14. The van der Waals surface area contributed by atoms with E-state index in [1.807, 2.05) is 0 Å². The number of Topliss-reactive ketones (excluding diaryl/α,β-unsaturated/α-hetero) is 1. The molecule has 0 rings (SSSR count). The van der Waals surface area contributed by atoms with Gasteiger partial charge in [0.15, 0.2) is 0 Å². The van der Waals surface area contributed by atoms with Gasteiger partial charge in [-0.15, -0.1) is 0 Å². The number of carbonyl (C=O) groups excluding carboxylic acids is 2. The van der Waals surface area contributed by atoms with Crippen molar-refractivity contribution in [3.63, 3.8) is 0 Å². The Kier molecular flexibility index (Phi) is 6.66. The number of carbonyl (C=O) groups is 2. The quantitative estimate of drug-likeness (QED) is 0.411. The molecule has 0 aromatic carbocycles. The maximum atomic E-state index is 10.7. The van der Waals surface area contributed by atoms with Crippen LogP contribution >= 0.6 is 15.9 Å². The van der Waals surface area contributed by atoms with E-state index >= 15 is 0 Å². The lowest BCUT2D eigenvalue weighted by Crippen LogP contribution is -1.97. The number of ether oxygens (including phenoxy) is 1. The first kappa shape index (κ1) is 11.4. The molecule has 4 heteroatoms. The third-order valence-electron chi connectivity index (χ3n) is 1.19. The summed E-state index contributed by atoms with van der Waals surface area (Å²) in [6, 6.07) is 0. The Hall–Kier alpha value is -0.640. The third-order valence-corrected chi connectivity index (χ3v) is 1.82. The van der Waals surface area contributed by atoms with Gasteiger partial charge in [-0.2, -0.15) is 0 Å². The standard InChI is InChI=1S/C8H11BrO3/c1-12-8(11)5-3-2-4-7(10)6-9/h3,5H,2,4,6H2,1H3/b5-3+. The van der Waals surface area contributed by atoms with E-state index in [9.17, 15) is 9.59 Å². The second-order valence-corrected chi connectivity index (χ2v) is 2.70. The van der Waals surface area contributed by atoms with Gasteiger partial charge in [-0.3, -0.25) is 4.79 Å². The van der Waals surface area contributed by atoms with Crippen LogP contribution in [0.25, 0.3) is 0 Å². The molecule has 12 heavy (non-hydrogen) atoms. The highest BCUT2D eigenvalue weighted by Crippen LogP contribution is 1.95. The van der Waals surface area contributed by atoms with Gasteiger partial charge >= 0.3 is 5.97 Å². The summed E-state index contributed by atoms with van der Waals surface area (Å²) in [5, 5.41) is 0.374. The Labute approximate surface area is 79.9 Å². The summed E-state index contributed by atoms with van der Waals surface area (Å²) in [6.07, 6.45) is 3.99. The van der Waals surface area contributed by atoms with E-state index in [1.54, 1.807) is 6.08 Å². The predicted molar refractivity (Wildman–Crippen MR) is 49.2 cm³/mol. The highest BCUT2D eigenvalue weighted by molar-refractivity contribution is 9.09. The van der Waals surface area contributed by atoms with E-state index in [1.165, 1.54) is 13.2 Å². The third kappa shape index (κ3) is 6.09. The van der Waals surface area contributed by atoms with Gasteiger partial charge in [-0.05, 0) is 6.42 Å². The average molecular weight is 235 g/mol. The molecular weight excluding hydrogens is 224 g/mol. The van der Waals surface area contributed by atoms with Crippen LogP contribution in [0.15, 0.2) is 12.2 Å². The van der Waals surface area contributed by atoms with Crippen molar-refractivity contribution in [1.29, 1.82) is 0 Å². The van der Waals surface area contributed by atoms with Gasteiger partial charge in [0.2, 0.25) is 0 Å². The van der Waals surface area contributed by atoms with Crippen molar-refractivity contribution >= 4 is 27.7 Å². The lowest BCUT2D eigenvalue weighted by molar-refractivity contribution is -0.134. The van der Waals surface area contributed by atoms with E-state index in [4.69, 9.17) is 0 Å². The van der Waals surface area contributed by atoms with Crippen molar-refractivity contribution in [3.05, 3.63) is 12.2 Å². The summed E-state index contributed by atoms with van der Waals surface area (Å²) in [5.74, 6) is -0.259. The van der Waals surface area contributed by atoms with Crippen LogP contribution in [-0.2, 0) is 14.3 Å². The lowest BCUT2D eigenvalue weighted by atomic mass is 10.2. The predicted octanol–water partition coefficient (Wildman–Crippen LogP) is 1.46. The number of halogens is 1. The second kappa shape index (κ2) is 7.03. The van der Waals surface area contributed by atoms with E-state index in [-0.39, 0.29) is 11.8 Å². The fraction of sp³-hybridized carbons (Fsp3) is 0.500. The fourth-order valence-corrected chi connectivity index (χ4v) is 0.839. The topological polar surface area (TPSA) is 43.4 Å². The summed E-state index contributed by atoms with van der Waals surface area (Å²) in [7, 11) is 1.32. The molecule has 0 bridgehead atoms. The SMILES string of the molecule is COC(=O)/C=C/CCC(=O)CBr. The zero-order valence-electron chi connectivity index (χ0n) is 6.88. The number of alkyl halides is 1. The molecule has 0 aliphatic heterocycles. The molecule has 0 aliphatic rings. The van der Waals surface area contributed by atoms with Crippen molar-refractivity contribution in [3.8, 4) is 0 Å². The Morgan fingerprint density at radius 2 is 2.17 bits per heavy atom. The normalized spacial score (nSPS) is 10.2. The molecule has 3 nitrogen and oxygen atoms in total. The lowest BCUT2D eigenvalue weighted by Gasteiger charge is -1.91. The van der Waals surface area contributed by atoms with Crippen molar-refractivity contribution < 1.29 is 14.3 Å². The largest absolute Gasteiger partial charge is 0.466 e. The molecule has 0 N–H and O–H groups in total. The van der Waals surface area contributed by atoms with E-state index < -0.39 is 0 Å². The Bertz CT molecular complexity index is 187. The van der Waals surface area contributed by atoms with Gasteiger partial charge in [-0.1, -0.05) is 22.0 Å². The highest BCUT2D eigenvalue weighted by Gasteiger charge is 1.96. The van der Waals surface area contributed by atoms with Gasteiger partial charge in [0.1, 0.15) is 5.78 Å². The van der Waals surface area contributed by atoms with Gasteiger partial charge in [0, 0.05) is 12.5 Å². The smallest absolute Gasteiger partial charge is 0.330 e. The van der Waals surface area contributed by atoms with E-state index in [0.717, 1.165) is 0 Å². The molecule has 0 radical (unpaired) electrons. The summed E-state index contributed by atoms with van der Waals surface area (Å²) in [5.41, 5.74) is 0. The van der Waals surface area contributed by atoms with Crippen LogP contribution in [0.1, 0.15) is 12.8 Å². The number of methoxy groups -OCH3 is 1. The molecule has 0 saturated carbocycles. The number of allylic oxidation sites excluding steroid dienone is 1. The first-order valence-electron chi connectivity index (χ1n) is 3.53. The molecular formula is C8H11BrO3. The highest BCUT2D eigenvalue weighted by atomic mass is 79.9. The van der Waals surface area contributed by atoms with Crippen LogP contribution < -0.4 is 0 Å². The number of hydrogen-bond donors (Lipinski definition) is 0. The summed E-state index contributed by atoms with van der Waals surface area (Å²) < 4.78 is 4.36. The van der Waals surface area contributed by atoms with Crippen molar-refractivity contribution in [2.45, 2.75) is 12.8 Å². The van der Waals surface area contributed by atoms with Crippen molar-refractivity contribution in [2.24, 2.45) is 0 Å². The van der Waals surface area contributed by atoms with Crippen LogP contribution in [0.3, 0.4) is 0 Å². The van der Waals surface area contributed by atoms with Gasteiger partial charge < -0.3 is 4.74 Å². The Morgan fingerprint density at radius 3 is 2.67 bits per heavy atom. The minimum Gasteiger partial charge on any atom is -0.466 e. The molecule has 0 aromatic rings. The average Bonchev–Trinajstić information content (AvgIpc) is 2.11. The minimum absolute atomic E-state index is 0.129. The van der Waals surface area contributed by atoms with E-state index in [0.29, 0.717) is 18.2 Å². The molecule has 0 unspecified atom stereocenters. The van der Waals surface area contributed by atoms with Crippen LogP contribution in [0.2, 0.25) is 0 Å². The fourth-order valence-electron chi connectivity index (χ4n) is 0.559. The summed E-state index contributed by atoms with van der Waals surface area (Å²) >= 11 is 3.04. The number of rotatable bonds is 5. The van der Waals surface area contributed by atoms with E-state index in [2.05, 4.69) is 20.7 Å². The molecule has 0 aliphatic carbocycles. The zero-order chi connectivity index (χ0) is 9.40. The van der Waals surface area contributed by atoms with Gasteiger partial charge in [0.05, 0.1) is 12.4 Å². The number of hydrogen-bond acceptors (Lipinski definition) is 3. The maximum absolute atomic E-state index is 10.7. The van der Waals surface area contributed by atoms with Crippen molar-refractivity contribution in [2.75, 3.05) is 12.4 Å². The van der Waals surface area contributed by atoms with Gasteiger partial charge in [0.25, 0.3) is 0 Å². The van der Waals surface area contributed by atoms with Crippen LogP contribution in [0.4, 0.5) is 0 Å². The Balaban J connectivity index is 3.48. The van der Waals surface area contributed by atoms with Crippen LogP contribution in [0.5, 0.6) is 0 Å². The van der Waals surface area contributed by atoms with Crippen LogP contribution in [-0.4, -0.2) is 24.2 Å². The molecule has 0 saturated heterocycles. The van der Waals surface area contributed by atoms with Crippen molar-refractivity contribution in [1.82, 2.24) is 0 Å². The van der Waals surface area contributed by atoms with Gasteiger partial charge in [-0.25, -0.2) is 4.79 Å². The summed E-state index contributed by atoms with van der Waals surface area (Å²) in [6.45, 7) is 0. The first-order valence-corrected chi connectivity index (χ1v) is 4.65. The minimum atomic E-state index is -0.388. The molecule has 68 valence electrons. The monoisotopic (exact) mass is 234 g/mol. The Morgan fingerprint density at radius 1 is 1.50 bits per heavy atom. The molecule has 0 atom stereocenters. The zero-order valence-corrected chi connectivity index (χ0v) is 8.46. The molecule has 0 fully saturated rings. The first-order chi connectivity index (χ1) is 5.70. The maximum Gasteiger partial charge on any atom is 0.330 e. The molecule has 0 amide bonds. The number of esters is 1. The molecule has 0 spiro atoms.